The summed E-state index contributed by atoms with van der Waals surface area (Å²) in [6, 6.07) is 1.79. The molecule has 0 radical (unpaired) electrons. The van der Waals surface area contributed by atoms with Crippen molar-refractivity contribution in [2.45, 2.75) is 51.5 Å². The fraction of sp³-hybridized carbons (Fsp3) is 0.500. The number of nitrogens with one attached hydrogen (secondary N) is 1. The van der Waals surface area contributed by atoms with E-state index in [0.717, 1.165) is 19.8 Å². The van der Waals surface area contributed by atoms with Gasteiger partial charge >= 0.3 is 18.3 Å². The fourth-order valence-electron chi connectivity index (χ4n) is 4.15. The fourth-order valence-corrected chi connectivity index (χ4v) is 4.38. The Hall–Kier alpha value is -2.96. The minimum absolute atomic E-state index is 0.262. The Morgan fingerprint density at radius 3 is 2.44 bits per heavy atom. The van der Waals surface area contributed by atoms with Crippen molar-refractivity contribution in [3.63, 3.8) is 0 Å². The summed E-state index contributed by atoms with van der Waals surface area (Å²) in [5, 5.41) is 14.0. The zero-order valence-electron chi connectivity index (χ0n) is 19.2. The predicted octanol–water partition coefficient (Wildman–Crippen LogP) is 5.93. The predicted molar refractivity (Wildman–Crippen MR) is 119 cm³/mol. The minimum Gasteiger partial charge on any atom is -0.478 e. The lowest BCUT2D eigenvalue weighted by molar-refractivity contribution is -0.152. The maximum atomic E-state index is 13.3. The van der Waals surface area contributed by atoms with E-state index in [1.165, 1.54) is 18.2 Å². The third-order valence-corrected chi connectivity index (χ3v) is 6.33. The number of hydrogen-bond donors (Lipinski definition) is 2. The number of alkyl halides is 6. The Morgan fingerprint density at radius 2 is 1.92 bits per heavy atom. The van der Waals surface area contributed by atoms with Gasteiger partial charge in [-0.25, -0.2) is 4.79 Å². The summed E-state index contributed by atoms with van der Waals surface area (Å²) in [4.78, 5) is 26.8. The van der Waals surface area contributed by atoms with Crippen molar-refractivity contribution >= 4 is 34.9 Å². The smallest absolute Gasteiger partial charge is 0.436 e. The number of carboxylic acids is 1. The van der Waals surface area contributed by atoms with E-state index >= 15 is 0 Å². The van der Waals surface area contributed by atoms with Crippen molar-refractivity contribution in [1.82, 2.24) is 9.78 Å². The van der Waals surface area contributed by atoms with Gasteiger partial charge in [0.25, 0.3) is 0 Å². The largest absolute Gasteiger partial charge is 0.478 e. The Kier molecular flexibility index (Phi) is 7.82. The van der Waals surface area contributed by atoms with E-state index in [0.29, 0.717) is 24.7 Å². The van der Waals surface area contributed by atoms with Crippen LogP contribution in [-0.4, -0.2) is 46.0 Å². The second-order valence-corrected chi connectivity index (χ2v) is 9.12. The first-order valence-electron chi connectivity index (χ1n) is 10.9. The molecule has 0 aliphatic carbocycles. The van der Waals surface area contributed by atoms with E-state index < -0.39 is 53.1 Å². The first kappa shape index (κ1) is 27.6. The molecule has 1 saturated heterocycles. The summed E-state index contributed by atoms with van der Waals surface area (Å²) in [5.41, 5.74) is -2.25. The molecule has 2 N–H and O–H groups in total. The van der Waals surface area contributed by atoms with Crippen molar-refractivity contribution in [1.29, 1.82) is 0 Å². The van der Waals surface area contributed by atoms with Gasteiger partial charge in [0.05, 0.1) is 28.4 Å². The third-order valence-electron chi connectivity index (χ3n) is 5.88. The number of carbonyl (C=O) groups is 2. The number of nitrogens with zero attached hydrogens (tertiary/aromatic N) is 3. The number of anilines is 2. The number of amides is 1. The lowest BCUT2D eigenvalue weighted by Crippen LogP contribution is -2.34. The normalized spacial score (nSPS) is 17.7. The molecule has 1 aromatic heterocycles. The van der Waals surface area contributed by atoms with Crippen LogP contribution in [0.15, 0.2) is 18.2 Å². The number of aromatic carboxylic acids is 1. The van der Waals surface area contributed by atoms with Crippen LogP contribution in [0.2, 0.25) is 5.02 Å². The maximum Gasteiger partial charge on any atom is 0.436 e. The number of carboxylic acid groups (broad SMARTS) is 1. The second kappa shape index (κ2) is 10.2. The van der Waals surface area contributed by atoms with Crippen molar-refractivity contribution in [3.8, 4) is 0 Å². The maximum absolute atomic E-state index is 13.3. The third kappa shape index (κ3) is 6.23. The average molecular weight is 541 g/mol. The molecular formula is C22H23ClF6N4O3. The first-order chi connectivity index (χ1) is 16.6. The van der Waals surface area contributed by atoms with E-state index in [-0.39, 0.29) is 15.9 Å². The number of carbonyl (C=O) groups excluding carboxylic acids is 1. The minimum atomic E-state index is -5.06. The van der Waals surface area contributed by atoms with Crippen molar-refractivity contribution in [2.24, 2.45) is 5.92 Å². The SMILES string of the molecule is Cc1c(Cl)c(C(F)(F)F)nn1[C@@H](CC(F)(F)F)C(=O)Nc1ccc(N2CCC[C@@H](C)C2)cc1C(=O)O. The van der Waals surface area contributed by atoms with Crippen LogP contribution in [0.3, 0.4) is 0 Å². The van der Waals surface area contributed by atoms with Gasteiger partial charge in [0.1, 0.15) is 6.04 Å². The highest BCUT2D eigenvalue weighted by atomic mass is 35.5. The monoisotopic (exact) mass is 540 g/mol. The van der Waals surface area contributed by atoms with Crippen molar-refractivity contribution < 1.29 is 41.0 Å². The van der Waals surface area contributed by atoms with Gasteiger partial charge in [-0.05, 0) is 43.9 Å². The molecule has 1 aliphatic rings. The van der Waals surface area contributed by atoms with E-state index in [9.17, 15) is 41.0 Å². The number of piperidine rings is 1. The van der Waals surface area contributed by atoms with Gasteiger partial charge < -0.3 is 15.3 Å². The molecule has 2 atom stereocenters. The zero-order chi connectivity index (χ0) is 27.0. The first-order valence-corrected chi connectivity index (χ1v) is 11.3. The van der Waals surface area contributed by atoms with E-state index in [1.807, 2.05) is 11.8 Å². The van der Waals surface area contributed by atoms with Crippen LogP contribution in [-0.2, 0) is 11.0 Å². The van der Waals surface area contributed by atoms with Crippen LogP contribution in [0.25, 0.3) is 0 Å². The van der Waals surface area contributed by atoms with Crippen LogP contribution in [0.1, 0.15) is 54.0 Å². The van der Waals surface area contributed by atoms with Crippen LogP contribution in [0.5, 0.6) is 0 Å². The van der Waals surface area contributed by atoms with Crippen molar-refractivity contribution in [3.05, 3.63) is 40.2 Å². The number of aromatic nitrogens is 2. The molecular weight excluding hydrogens is 518 g/mol. The van der Waals surface area contributed by atoms with Gasteiger partial charge in [-0.1, -0.05) is 18.5 Å². The quantitative estimate of drug-likeness (QED) is 0.443. The Labute approximate surface area is 207 Å². The second-order valence-electron chi connectivity index (χ2n) is 8.74. The summed E-state index contributed by atoms with van der Waals surface area (Å²) < 4.78 is 79.7. The van der Waals surface area contributed by atoms with E-state index in [2.05, 4.69) is 10.4 Å². The molecule has 198 valence electrons. The molecule has 3 rings (SSSR count). The Bertz CT molecular complexity index is 1150. The molecule has 0 unspecified atom stereocenters. The molecule has 1 fully saturated rings. The van der Waals surface area contributed by atoms with Gasteiger partial charge in [-0.15, -0.1) is 0 Å². The Morgan fingerprint density at radius 1 is 1.25 bits per heavy atom. The van der Waals surface area contributed by atoms with Crippen LogP contribution < -0.4 is 10.2 Å². The molecule has 14 heteroatoms. The number of halogens is 7. The summed E-state index contributed by atoms with van der Waals surface area (Å²) in [6.45, 7) is 4.41. The van der Waals surface area contributed by atoms with Crippen LogP contribution >= 0.6 is 11.6 Å². The summed E-state index contributed by atoms with van der Waals surface area (Å²) in [6.07, 6.45) is -9.97. The number of hydrogen-bond acceptors (Lipinski definition) is 4. The topological polar surface area (TPSA) is 87.5 Å². The molecule has 36 heavy (non-hydrogen) atoms. The highest BCUT2D eigenvalue weighted by molar-refractivity contribution is 6.32. The summed E-state index contributed by atoms with van der Waals surface area (Å²) >= 11 is 5.65. The van der Waals surface area contributed by atoms with Crippen molar-refractivity contribution in [2.75, 3.05) is 23.3 Å². The molecule has 0 spiro atoms. The molecule has 1 amide bonds. The summed E-state index contributed by atoms with van der Waals surface area (Å²) in [5.74, 6) is -2.47. The van der Waals surface area contributed by atoms with Gasteiger partial charge in [0, 0.05) is 18.8 Å². The standard InChI is InChI=1S/C22H23ClF6N4O3/c1-11-4-3-7-32(10-11)13-5-6-15(14(8-13)20(35)36)30-19(34)16(9-21(24,25)26)33-12(2)17(23)18(31-33)22(27,28)29/h5-6,8,11,16H,3-4,7,9-10H2,1-2H3,(H,30,34)(H,35,36)/t11-,16+/m1/s1. The zero-order valence-corrected chi connectivity index (χ0v) is 19.9. The lowest BCUT2D eigenvalue weighted by Gasteiger charge is -2.33. The van der Waals surface area contributed by atoms with Gasteiger partial charge in [0.15, 0.2) is 5.69 Å². The molecule has 0 saturated carbocycles. The van der Waals surface area contributed by atoms with E-state index in [1.54, 1.807) is 0 Å². The van der Waals surface area contributed by atoms with Crippen LogP contribution in [0.4, 0.5) is 37.7 Å². The molecule has 1 aromatic carbocycles. The van der Waals surface area contributed by atoms with Crippen LogP contribution in [0, 0.1) is 12.8 Å². The Balaban J connectivity index is 1.97. The molecule has 0 bridgehead atoms. The number of benzene rings is 1. The van der Waals surface area contributed by atoms with E-state index in [4.69, 9.17) is 11.6 Å². The highest BCUT2D eigenvalue weighted by Crippen LogP contribution is 2.38. The highest BCUT2D eigenvalue weighted by Gasteiger charge is 2.42. The summed E-state index contributed by atoms with van der Waals surface area (Å²) in [7, 11) is 0. The average Bonchev–Trinajstić information content (AvgIpc) is 3.06. The molecule has 2 aromatic rings. The van der Waals surface area contributed by atoms with Gasteiger partial charge in [0.2, 0.25) is 5.91 Å². The van der Waals surface area contributed by atoms with Gasteiger partial charge in [-0.3, -0.25) is 9.48 Å². The molecule has 7 nitrogen and oxygen atoms in total. The molecule has 2 heterocycles. The molecule has 1 aliphatic heterocycles. The van der Waals surface area contributed by atoms with Gasteiger partial charge in [-0.2, -0.15) is 31.4 Å². The number of rotatable bonds is 6. The lowest BCUT2D eigenvalue weighted by atomic mass is 9.99.